The summed E-state index contributed by atoms with van der Waals surface area (Å²) in [7, 11) is 0. The van der Waals surface area contributed by atoms with Crippen LogP contribution in [0.4, 0.5) is 11.5 Å². The Bertz CT molecular complexity index is 622. The van der Waals surface area contributed by atoms with Crippen LogP contribution in [0.5, 0.6) is 0 Å². The number of nitrogens with zero attached hydrogens (tertiary/aromatic N) is 3. The predicted molar refractivity (Wildman–Crippen MR) is 76.2 cm³/mol. The first kappa shape index (κ1) is 13.7. The number of furan rings is 1. The van der Waals surface area contributed by atoms with Crippen molar-refractivity contribution in [2.75, 3.05) is 5.43 Å². The normalized spacial score (nSPS) is 10.8. The fourth-order valence-corrected chi connectivity index (χ4v) is 1.82. The van der Waals surface area contributed by atoms with Crippen molar-refractivity contribution in [2.24, 2.45) is 5.10 Å². The molecule has 0 aliphatic rings. The van der Waals surface area contributed by atoms with Gasteiger partial charge in [-0.2, -0.15) is 5.10 Å². The van der Waals surface area contributed by atoms with E-state index in [-0.39, 0.29) is 11.5 Å². The number of nitro groups is 1. The van der Waals surface area contributed by atoms with Gasteiger partial charge in [0.05, 0.1) is 15.6 Å². The quantitative estimate of drug-likeness (QED) is 0.490. The van der Waals surface area contributed by atoms with E-state index in [4.69, 9.17) is 4.42 Å². The average molecular weight is 390 g/mol. The Morgan fingerprint density at radius 3 is 2.95 bits per heavy atom. The van der Waals surface area contributed by atoms with Crippen LogP contribution in [0.15, 0.2) is 43.1 Å². The maximum atomic E-state index is 10.7. The van der Waals surface area contributed by atoms with Gasteiger partial charge in [-0.05, 0) is 37.9 Å². The molecular weight excluding hydrogens is 384 g/mol. The van der Waals surface area contributed by atoms with Crippen LogP contribution >= 0.6 is 31.9 Å². The first-order valence-corrected chi connectivity index (χ1v) is 6.50. The summed E-state index contributed by atoms with van der Waals surface area (Å²) < 4.78 is 6.54. The SMILES string of the molecule is O=[N+]([O-])c1cccnc1NN=Cc1cc(Br)c(Br)o1. The smallest absolute Gasteiger partial charge is 0.313 e. The van der Waals surface area contributed by atoms with Crippen LogP contribution in [0.25, 0.3) is 0 Å². The van der Waals surface area contributed by atoms with Crippen molar-refractivity contribution in [1.29, 1.82) is 0 Å². The van der Waals surface area contributed by atoms with E-state index >= 15 is 0 Å². The molecule has 0 aromatic carbocycles. The zero-order chi connectivity index (χ0) is 13.8. The zero-order valence-electron chi connectivity index (χ0n) is 9.21. The Labute approximate surface area is 124 Å². The highest BCUT2D eigenvalue weighted by Crippen LogP contribution is 2.26. The molecule has 0 aliphatic heterocycles. The summed E-state index contributed by atoms with van der Waals surface area (Å²) >= 11 is 6.45. The Morgan fingerprint density at radius 2 is 2.32 bits per heavy atom. The van der Waals surface area contributed by atoms with E-state index in [1.165, 1.54) is 24.5 Å². The van der Waals surface area contributed by atoms with E-state index < -0.39 is 4.92 Å². The summed E-state index contributed by atoms with van der Waals surface area (Å²) in [5, 5.41) is 14.6. The third-order valence-corrected chi connectivity index (χ3v) is 3.72. The van der Waals surface area contributed by atoms with Crippen molar-refractivity contribution in [3.63, 3.8) is 0 Å². The zero-order valence-corrected chi connectivity index (χ0v) is 12.4. The molecule has 1 N–H and O–H groups in total. The lowest BCUT2D eigenvalue weighted by atomic mass is 10.4. The molecule has 0 spiro atoms. The van der Waals surface area contributed by atoms with Gasteiger partial charge in [0.25, 0.3) is 0 Å². The van der Waals surface area contributed by atoms with Gasteiger partial charge in [0, 0.05) is 18.3 Å². The molecule has 0 aliphatic carbocycles. The number of hydrazone groups is 1. The Balaban J connectivity index is 2.12. The Morgan fingerprint density at radius 1 is 1.53 bits per heavy atom. The maximum Gasteiger partial charge on any atom is 0.313 e. The minimum Gasteiger partial charge on any atom is -0.447 e. The van der Waals surface area contributed by atoms with Gasteiger partial charge < -0.3 is 4.42 Å². The molecule has 0 fully saturated rings. The van der Waals surface area contributed by atoms with Crippen LogP contribution in [-0.4, -0.2) is 16.1 Å². The van der Waals surface area contributed by atoms with Crippen LogP contribution < -0.4 is 5.43 Å². The number of hydrogen-bond donors (Lipinski definition) is 1. The number of halogens is 2. The monoisotopic (exact) mass is 388 g/mol. The van der Waals surface area contributed by atoms with Gasteiger partial charge >= 0.3 is 5.69 Å². The standard InChI is InChI=1S/C10H6Br2N4O3/c11-7-4-6(19-9(7)12)5-14-15-10-8(16(17)18)2-1-3-13-10/h1-5H,(H,13,15). The molecule has 0 atom stereocenters. The number of nitrogens with one attached hydrogen (secondary N) is 1. The molecule has 0 saturated carbocycles. The number of pyridine rings is 1. The minimum absolute atomic E-state index is 0.0634. The molecule has 0 unspecified atom stereocenters. The number of hydrogen-bond acceptors (Lipinski definition) is 6. The topological polar surface area (TPSA) is 93.6 Å². The number of anilines is 1. The molecule has 2 aromatic rings. The van der Waals surface area contributed by atoms with Crippen molar-refractivity contribution in [2.45, 2.75) is 0 Å². The largest absolute Gasteiger partial charge is 0.447 e. The average Bonchev–Trinajstić information content (AvgIpc) is 2.69. The summed E-state index contributed by atoms with van der Waals surface area (Å²) in [5.74, 6) is 0.540. The molecule has 0 amide bonds. The molecular formula is C10H6Br2N4O3. The Hall–Kier alpha value is -1.74. The van der Waals surface area contributed by atoms with Crippen LogP contribution in [0, 0.1) is 10.1 Å². The van der Waals surface area contributed by atoms with Gasteiger partial charge in [-0.1, -0.05) is 0 Å². The maximum absolute atomic E-state index is 10.7. The van der Waals surface area contributed by atoms with Crippen LogP contribution in [0.3, 0.4) is 0 Å². The molecule has 2 heterocycles. The second kappa shape index (κ2) is 5.93. The highest BCUT2D eigenvalue weighted by molar-refractivity contribution is 9.13. The lowest BCUT2D eigenvalue weighted by Crippen LogP contribution is -1.98. The van der Waals surface area contributed by atoms with Gasteiger partial charge in [0.15, 0.2) is 4.67 Å². The molecule has 9 heteroatoms. The van der Waals surface area contributed by atoms with Crippen molar-refractivity contribution < 1.29 is 9.34 Å². The van der Waals surface area contributed by atoms with Gasteiger partial charge in [-0.15, -0.1) is 0 Å². The van der Waals surface area contributed by atoms with Crippen LogP contribution in [0.1, 0.15) is 5.76 Å². The molecule has 98 valence electrons. The summed E-state index contributed by atoms with van der Waals surface area (Å²) in [5.41, 5.74) is 2.35. The third kappa shape index (κ3) is 3.38. The van der Waals surface area contributed by atoms with E-state index in [1.54, 1.807) is 6.07 Å². The van der Waals surface area contributed by atoms with E-state index in [1.807, 2.05) is 0 Å². The molecule has 0 saturated heterocycles. The summed E-state index contributed by atoms with van der Waals surface area (Å²) in [4.78, 5) is 14.0. The first-order chi connectivity index (χ1) is 9.08. The van der Waals surface area contributed by atoms with E-state index in [9.17, 15) is 10.1 Å². The molecule has 2 aromatic heterocycles. The molecule has 0 bridgehead atoms. The number of aromatic nitrogens is 1. The summed E-state index contributed by atoms with van der Waals surface area (Å²) in [6.07, 6.45) is 2.82. The molecule has 0 radical (unpaired) electrons. The van der Waals surface area contributed by atoms with Crippen LogP contribution in [-0.2, 0) is 0 Å². The fraction of sp³-hybridized carbons (Fsp3) is 0. The third-order valence-electron chi connectivity index (χ3n) is 2.01. The molecule has 2 rings (SSSR count). The van der Waals surface area contributed by atoms with Crippen molar-refractivity contribution in [3.8, 4) is 0 Å². The fourth-order valence-electron chi connectivity index (χ4n) is 1.21. The molecule has 19 heavy (non-hydrogen) atoms. The van der Waals surface area contributed by atoms with Crippen molar-refractivity contribution in [1.82, 2.24) is 4.98 Å². The second-order valence-corrected chi connectivity index (χ2v) is 4.84. The summed E-state index contributed by atoms with van der Waals surface area (Å²) in [6, 6.07) is 4.51. The minimum atomic E-state index is -0.537. The van der Waals surface area contributed by atoms with E-state index in [2.05, 4.69) is 47.4 Å². The highest BCUT2D eigenvalue weighted by Gasteiger charge is 2.13. The van der Waals surface area contributed by atoms with Gasteiger partial charge in [0.1, 0.15) is 5.76 Å². The molecule has 7 nitrogen and oxygen atoms in total. The van der Waals surface area contributed by atoms with Gasteiger partial charge in [-0.3, -0.25) is 15.5 Å². The van der Waals surface area contributed by atoms with E-state index in [0.29, 0.717) is 10.4 Å². The van der Waals surface area contributed by atoms with Crippen molar-refractivity contribution in [3.05, 3.63) is 49.4 Å². The van der Waals surface area contributed by atoms with Crippen LogP contribution in [0.2, 0.25) is 0 Å². The van der Waals surface area contributed by atoms with Gasteiger partial charge in [-0.25, -0.2) is 4.98 Å². The second-order valence-electron chi connectivity index (χ2n) is 3.27. The predicted octanol–water partition coefficient (Wildman–Crippen LogP) is 3.55. The Kier molecular flexibility index (Phi) is 4.27. The van der Waals surface area contributed by atoms with E-state index in [0.717, 1.165) is 4.47 Å². The summed E-state index contributed by atoms with van der Waals surface area (Å²) in [6.45, 7) is 0. The van der Waals surface area contributed by atoms with Crippen molar-refractivity contribution >= 4 is 49.6 Å². The van der Waals surface area contributed by atoms with Gasteiger partial charge in [0.2, 0.25) is 5.82 Å². The number of rotatable bonds is 4. The highest BCUT2D eigenvalue weighted by atomic mass is 79.9. The lowest BCUT2D eigenvalue weighted by molar-refractivity contribution is -0.384. The lowest BCUT2D eigenvalue weighted by Gasteiger charge is -1.98. The first-order valence-electron chi connectivity index (χ1n) is 4.91.